The summed E-state index contributed by atoms with van der Waals surface area (Å²) in [7, 11) is 0. The molecule has 9 heteroatoms. The van der Waals surface area contributed by atoms with E-state index in [0.717, 1.165) is 16.0 Å². The lowest BCUT2D eigenvalue weighted by Crippen LogP contribution is -2.22. The summed E-state index contributed by atoms with van der Waals surface area (Å²) in [5, 5.41) is 14.2. The van der Waals surface area contributed by atoms with E-state index in [1.807, 2.05) is 32.0 Å². The molecular weight excluding hydrogens is 480 g/mol. The van der Waals surface area contributed by atoms with Gasteiger partial charge in [0.05, 0.1) is 11.5 Å². The number of rotatable bonds is 8. The van der Waals surface area contributed by atoms with Crippen LogP contribution in [0.3, 0.4) is 0 Å². The van der Waals surface area contributed by atoms with Gasteiger partial charge in [-0.1, -0.05) is 38.5 Å². The highest BCUT2D eigenvalue weighted by Gasteiger charge is 2.26. The Balaban J connectivity index is 1.89. The van der Waals surface area contributed by atoms with Crippen LogP contribution in [0.25, 0.3) is 11.1 Å². The van der Waals surface area contributed by atoms with E-state index < -0.39 is 16.8 Å². The van der Waals surface area contributed by atoms with E-state index in [1.165, 1.54) is 23.5 Å². The molecule has 1 aromatic heterocycles. The molecule has 0 saturated carbocycles. The molecule has 0 aliphatic carbocycles. The van der Waals surface area contributed by atoms with Crippen LogP contribution in [0.5, 0.6) is 5.75 Å². The van der Waals surface area contributed by atoms with Crippen LogP contribution in [-0.4, -0.2) is 30.0 Å². The van der Waals surface area contributed by atoms with Crippen molar-refractivity contribution in [2.75, 3.05) is 18.5 Å². The molecule has 8 nitrogen and oxygen atoms in total. The molecule has 0 spiro atoms. The van der Waals surface area contributed by atoms with Crippen LogP contribution >= 0.6 is 11.3 Å². The summed E-state index contributed by atoms with van der Waals surface area (Å²) >= 11 is 1.24. The fraction of sp³-hybridized carbons (Fsp3) is 0.333. The largest absolute Gasteiger partial charge is 0.483 e. The number of aryl methyl sites for hydroxylation is 2. The van der Waals surface area contributed by atoms with Gasteiger partial charge in [0.25, 0.3) is 11.6 Å². The Hall–Kier alpha value is -3.72. The van der Waals surface area contributed by atoms with Gasteiger partial charge in [-0.3, -0.25) is 14.9 Å². The van der Waals surface area contributed by atoms with E-state index >= 15 is 0 Å². The second-order valence-electron chi connectivity index (χ2n) is 9.35. The lowest BCUT2D eigenvalue weighted by molar-refractivity contribution is -0.384. The van der Waals surface area contributed by atoms with Crippen LogP contribution in [0.2, 0.25) is 0 Å². The molecule has 36 heavy (non-hydrogen) atoms. The molecule has 0 unspecified atom stereocenters. The minimum Gasteiger partial charge on any atom is -0.483 e. The predicted molar refractivity (Wildman–Crippen MR) is 141 cm³/mol. The average molecular weight is 511 g/mol. The Kier molecular flexibility index (Phi) is 8.14. The van der Waals surface area contributed by atoms with Crippen LogP contribution in [-0.2, 0) is 14.9 Å². The molecule has 0 fully saturated rings. The van der Waals surface area contributed by atoms with Crippen molar-refractivity contribution in [1.82, 2.24) is 0 Å². The van der Waals surface area contributed by atoms with Gasteiger partial charge in [-0.05, 0) is 55.5 Å². The molecule has 1 N–H and O–H groups in total. The molecule has 0 bridgehead atoms. The van der Waals surface area contributed by atoms with Crippen LogP contribution in [0, 0.1) is 24.0 Å². The van der Waals surface area contributed by atoms with Gasteiger partial charge < -0.3 is 14.8 Å². The van der Waals surface area contributed by atoms with E-state index in [9.17, 15) is 19.7 Å². The summed E-state index contributed by atoms with van der Waals surface area (Å²) in [6.45, 7) is 11.7. The van der Waals surface area contributed by atoms with Crippen molar-refractivity contribution in [2.24, 2.45) is 0 Å². The van der Waals surface area contributed by atoms with Crippen molar-refractivity contribution in [1.29, 1.82) is 0 Å². The summed E-state index contributed by atoms with van der Waals surface area (Å²) in [6, 6.07) is 11.7. The van der Waals surface area contributed by atoms with Crippen molar-refractivity contribution < 1.29 is 24.0 Å². The number of hydrogen-bond donors (Lipinski definition) is 1. The maximum atomic E-state index is 12.9. The van der Waals surface area contributed by atoms with E-state index in [2.05, 4.69) is 26.1 Å². The highest BCUT2D eigenvalue weighted by molar-refractivity contribution is 7.17. The van der Waals surface area contributed by atoms with Crippen molar-refractivity contribution in [3.63, 3.8) is 0 Å². The summed E-state index contributed by atoms with van der Waals surface area (Å²) in [5.74, 6) is -0.375. The Morgan fingerprint density at radius 2 is 1.75 bits per heavy atom. The first-order valence-corrected chi connectivity index (χ1v) is 12.3. The molecule has 0 saturated heterocycles. The SMILES string of the molecule is CCOC(=O)c1c(NC(=O)COc2ccc(C)cc2C(C)(C)C)sc(C)c1-c1ccc([N+](=O)[O-])cc1. The second kappa shape index (κ2) is 10.9. The average Bonchev–Trinajstić information content (AvgIpc) is 3.13. The molecule has 190 valence electrons. The molecule has 1 amide bonds. The molecule has 2 aromatic carbocycles. The third kappa shape index (κ3) is 6.09. The van der Waals surface area contributed by atoms with Gasteiger partial charge in [-0.15, -0.1) is 11.3 Å². The first-order chi connectivity index (χ1) is 16.9. The quantitative estimate of drug-likeness (QED) is 0.212. The van der Waals surface area contributed by atoms with Gasteiger partial charge in [0, 0.05) is 22.6 Å². The van der Waals surface area contributed by atoms with Gasteiger partial charge in [0.2, 0.25) is 0 Å². The molecule has 0 aliphatic rings. The topological polar surface area (TPSA) is 108 Å². The number of nitro groups is 1. The van der Waals surface area contributed by atoms with Gasteiger partial charge in [-0.2, -0.15) is 0 Å². The number of non-ortho nitro benzene ring substituents is 1. The van der Waals surface area contributed by atoms with Gasteiger partial charge >= 0.3 is 5.97 Å². The van der Waals surface area contributed by atoms with Crippen molar-refractivity contribution >= 4 is 33.9 Å². The Morgan fingerprint density at radius 3 is 2.33 bits per heavy atom. The van der Waals surface area contributed by atoms with E-state index in [4.69, 9.17) is 9.47 Å². The zero-order valence-corrected chi connectivity index (χ0v) is 22.1. The second-order valence-corrected chi connectivity index (χ2v) is 10.6. The van der Waals surface area contributed by atoms with Crippen LogP contribution in [0.1, 0.15) is 54.1 Å². The number of hydrogen-bond acceptors (Lipinski definition) is 7. The molecule has 3 aromatic rings. The number of nitrogens with one attached hydrogen (secondary N) is 1. The zero-order chi connectivity index (χ0) is 26.6. The lowest BCUT2D eigenvalue weighted by Gasteiger charge is -2.23. The first kappa shape index (κ1) is 26.9. The van der Waals surface area contributed by atoms with Crippen molar-refractivity contribution in [3.8, 4) is 16.9 Å². The highest BCUT2D eigenvalue weighted by Crippen LogP contribution is 2.41. The maximum absolute atomic E-state index is 12.9. The van der Waals surface area contributed by atoms with Crippen LogP contribution in [0.4, 0.5) is 10.7 Å². The third-order valence-corrected chi connectivity index (χ3v) is 6.51. The Labute approximate surface area is 214 Å². The van der Waals surface area contributed by atoms with Crippen molar-refractivity contribution in [2.45, 2.75) is 47.0 Å². The van der Waals surface area contributed by atoms with E-state index in [0.29, 0.717) is 21.9 Å². The zero-order valence-electron chi connectivity index (χ0n) is 21.3. The third-order valence-electron chi connectivity index (χ3n) is 5.49. The number of carbonyl (C=O) groups is 2. The lowest BCUT2D eigenvalue weighted by atomic mass is 9.85. The molecule has 3 rings (SSSR count). The van der Waals surface area contributed by atoms with Gasteiger partial charge in [-0.25, -0.2) is 4.79 Å². The van der Waals surface area contributed by atoms with Gasteiger partial charge in [0.15, 0.2) is 6.61 Å². The summed E-state index contributed by atoms with van der Waals surface area (Å²) < 4.78 is 11.1. The Bertz CT molecular complexity index is 1290. The molecule has 0 atom stereocenters. The number of anilines is 1. The Morgan fingerprint density at radius 1 is 1.08 bits per heavy atom. The highest BCUT2D eigenvalue weighted by atomic mass is 32.1. The number of benzene rings is 2. The fourth-order valence-corrected chi connectivity index (χ4v) is 4.87. The van der Waals surface area contributed by atoms with E-state index in [-0.39, 0.29) is 29.9 Å². The number of carbonyl (C=O) groups excluding carboxylic acids is 2. The van der Waals surface area contributed by atoms with E-state index in [1.54, 1.807) is 19.1 Å². The fourth-order valence-electron chi connectivity index (χ4n) is 3.79. The number of nitro benzene ring substituents is 1. The van der Waals surface area contributed by atoms with Gasteiger partial charge in [0.1, 0.15) is 16.3 Å². The van der Waals surface area contributed by atoms with Crippen LogP contribution in [0.15, 0.2) is 42.5 Å². The van der Waals surface area contributed by atoms with Crippen LogP contribution < -0.4 is 10.1 Å². The smallest absolute Gasteiger partial charge is 0.341 e. The first-order valence-electron chi connectivity index (χ1n) is 11.5. The monoisotopic (exact) mass is 510 g/mol. The maximum Gasteiger partial charge on any atom is 0.341 e. The van der Waals surface area contributed by atoms with Crippen molar-refractivity contribution in [3.05, 3.63) is 74.1 Å². The predicted octanol–water partition coefficient (Wildman–Crippen LogP) is 6.43. The molecule has 1 heterocycles. The molecule has 0 radical (unpaired) electrons. The number of nitrogens with zero attached hydrogens (tertiary/aromatic N) is 1. The number of thiophene rings is 1. The number of amides is 1. The normalized spacial score (nSPS) is 11.2. The standard InChI is InChI=1S/C27H30N2O6S/c1-7-34-26(31)24-23(18-9-11-19(12-10-18)29(32)33)17(3)36-25(24)28-22(30)15-35-21-13-8-16(2)14-20(21)27(4,5)6/h8-14H,7,15H2,1-6H3,(H,28,30). The minimum atomic E-state index is -0.583. The molecule has 0 aliphatic heterocycles. The summed E-state index contributed by atoms with van der Waals surface area (Å²) in [6.07, 6.45) is 0. The summed E-state index contributed by atoms with van der Waals surface area (Å²) in [4.78, 5) is 37.1. The minimum absolute atomic E-state index is 0.0549. The number of esters is 1. The molecular formula is C27H30N2O6S. The summed E-state index contributed by atoms with van der Waals surface area (Å²) in [5.41, 5.74) is 3.27. The number of ether oxygens (including phenoxy) is 2.